The van der Waals surface area contributed by atoms with Crippen LogP contribution in [0.3, 0.4) is 0 Å². The van der Waals surface area contributed by atoms with Gasteiger partial charge in [0.25, 0.3) is 0 Å². The highest BCUT2D eigenvalue weighted by molar-refractivity contribution is 4.91. The van der Waals surface area contributed by atoms with E-state index in [1.807, 2.05) is 6.92 Å². The van der Waals surface area contributed by atoms with E-state index >= 15 is 0 Å². The molecule has 1 aliphatic carbocycles. The first-order valence-electron chi connectivity index (χ1n) is 7.08. The van der Waals surface area contributed by atoms with Crippen molar-refractivity contribution >= 4 is 0 Å². The van der Waals surface area contributed by atoms with Crippen molar-refractivity contribution in [3.63, 3.8) is 0 Å². The first-order chi connectivity index (χ1) is 8.20. The fraction of sp³-hybridized carbons (Fsp3) is 0.929. The first kappa shape index (κ1) is 12.9. The molecule has 0 aromatic carbocycles. The van der Waals surface area contributed by atoms with Gasteiger partial charge in [-0.3, -0.25) is 9.80 Å². The topological polar surface area (TPSA) is 30.3 Å². The van der Waals surface area contributed by atoms with Crippen molar-refractivity contribution < 1.29 is 0 Å². The molecule has 0 amide bonds. The van der Waals surface area contributed by atoms with E-state index in [4.69, 9.17) is 5.26 Å². The van der Waals surface area contributed by atoms with Gasteiger partial charge in [-0.15, -0.1) is 0 Å². The van der Waals surface area contributed by atoms with Gasteiger partial charge in [0.2, 0.25) is 0 Å². The summed E-state index contributed by atoms with van der Waals surface area (Å²) in [4.78, 5) is 4.97. The van der Waals surface area contributed by atoms with Gasteiger partial charge in [0.1, 0.15) is 0 Å². The molecule has 1 saturated carbocycles. The van der Waals surface area contributed by atoms with Gasteiger partial charge < -0.3 is 0 Å². The first-order valence-corrected chi connectivity index (χ1v) is 7.08. The van der Waals surface area contributed by atoms with Gasteiger partial charge in [-0.1, -0.05) is 19.8 Å². The van der Waals surface area contributed by atoms with Crippen molar-refractivity contribution in [1.82, 2.24) is 9.80 Å². The largest absolute Gasteiger partial charge is 0.298 e. The van der Waals surface area contributed by atoms with Crippen LogP contribution in [-0.2, 0) is 0 Å². The third-order valence-electron chi connectivity index (χ3n) is 4.51. The Morgan fingerprint density at radius 2 is 1.88 bits per heavy atom. The number of piperazine rings is 1. The standard InChI is InChI=1S/C14H25N3/c1-12-4-3-5-14(10-12)17-8-6-16(7-9-17)13(2)11-15/h12-14H,3-10H2,1-2H3. The summed E-state index contributed by atoms with van der Waals surface area (Å²) in [5.74, 6) is 0.907. The van der Waals surface area contributed by atoms with Crippen LogP contribution in [0.1, 0.15) is 39.5 Å². The van der Waals surface area contributed by atoms with E-state index < -0.39 is 0 Å². The molecule has 2 rings (SSSR count). The quantitative estimate of drug-likeness (QED) is 0.734. The number of rotatable bonds is 2. The van der Waals surface area contributed by atoms with Crippen LogP contribution in [0.4, 0.5) is 0 Å². The van der Waals surface area contributed by atoms with Crippen LogP contribution in [0.25, 0.3) is 0 Å². The van der Waals surface area contributed by atoms with E-state index in [2.05, 4.69) is 22.8 Å². The minimum atomic E-state index is 0.0856. The maximum Gasteiger partial charge on any atom is 0.0950 e. The average Bonchev–Trinajstić information content (AvgIpc) is 2.38. The second kappa shape index (κ2) is 5.84. The molecule has 0 radical (unpaired) electrons. The average molecular weight is 235 g/mol. The molecule has 3 heteroatoms. The summed E-state index contributed by atoms with van der Waals surface area (Å²) in [5.41, 5.74) is 0. The molecule has 3 nitrogen and oxygen atoms in total. The molecule has 0 bridgehead atoms. The van der Waals surface area contributed by atoms with Gasteiger partial charge in [0, 0.05) is 32.2 Å². The zero-order valence-electron chi connectivity index (χ0n) is 11.2. The normalized spacial score (nSPS) is 34.2. The highest BCUT2D eigenvalue weighted by atomic mass is 15.3. The second-order valence-electron chi connectivity index (χ2n) is 5.80. The molecule has 0 spiro atoms. The molecule has 1 aliphatic heterocycles. The third-order valence-corrected chi connectivity index (χ3v) is 4.51. The lowest BCUT2D eigenvalue weighted by atomic mass is 9.86. The molecule has 1 heterocycles. The Labute approximate surface area is 105 Å². The van der Waals surface area contributed by atoms with Crippen LogP contribution in [-0.4, -0.2) is 48.1 Å². The lowest BCUT2D eigenvalue weighted by Gasteiger charge is -2.42. The van der Waals surface area contributed by atoms with Gasteiger partial charge in [-0.2, -0.15) is 5.26 Å². The van der Waals surface area contributed by atoms with Crippen molar-refractivity contribution in [2.24, 2.45) is 5.92 Å². The molecule has 1 saturated heterocycles. The Morgan fingerprint density at radius 3 is 2.47 bits per heavy atom. The van der Waals surface area contributed by atoms with Gasteiger partial charge in [-0.05, 0) is 25.7 Å². The molecule has 0 N–H and O–H groups in total. The number of hydrogen-bond acceptors (Lipinski definition) is 3. The van der Waals surface area contributed by atoms with Gasteiger partial charge in [0.05, 0.1) is 12.1 Å². The summed E-state index contributed by atoms with van der Waals surface area (Å²) >= 11 is 0. The molecule has 0 aromatic rings. The van der Waals surface area contributed by atoms with Gasteiger partial charge >= 0.3 is 0 Å². The lowest BCUT2D eigenvalue weighted by molar-refractivity contribution is 0.0619. The molecule has 96 valence electrons. The molecule has 17 heavy (non-hydrogen) atoms. The highest BCUT2D eigenvalue weighted by Gasteiger charge is 2.28. The predicted octanol–water partition coefficient (Wildman–Crippen LogP) is 2.09. The molecule has 2 aliphatic rings. The van der Waals surface area contributed by atoms with Crippen LogP contribution in [0.5, 0.6) is 0 Å². The Balaban J connectivity index is 1.80. The zero-order valence-corrected chi connectivity index (χ0v) is 11.2. The molecule has 0 aromatic heterocycles. The van der Waals surface area contributed by atoms with Gasteiger partial charge in [-0.25, -0.2) is 0 Å². The van der Waals surface area contributed by atoms with E-state index in [0.717, 1.165) is 38.1 Å². The fourth-order valence-corrected chi connectivity index (χ4v) is 3.31. The van der Waals surface area contributed by atoms with Crippen molar-refractivity contribution in [1.29, 1.82) is 5.26 Å². The minimum Gasteiger partial charge on any atom is -0.298 e. The number of nitrogens with zero attached hydrogens (tertiary/aromatic N) is 3. The van der Waals surface area contributed by atoms with Gasteiger partial charge in [0.15, 0.2) is 0 Å². The maximum atomic E-state index is 8.93. The molecular formula is C14H25N3. The molecule has 3 unspecified atom stereocenters. The van der Waals surface area contributed by atoms with E-state index in [-0.39, 0.29) is 6.04 Å². The summed E-state index contributed by atoms with van der Waals surface area (Å²) in [6, 6.07) is 3.25. The minimum absolute atomic E-state index is 0.0856. The number of hydrogen-bond donors (Lipinski definition) is 0. The van der Waals surface area contributed by atoms with E-state index in [1.54, 1.807) is 0 Å². The zero-order chi connectivity index (χ0) is 12.3. The van der Waals surface area contributed by atoms with E-state index in [0.29, 0.717) is 0 Å². The monoisotopic (exact) mass is 235 g/mol. The Bertz CT molecular complexity index is 276. The molecule has 3 atom stereocenters. The Morgan fingerprint density at radius 1 is 1.18 bits per heavy atom. The van der Waals surface area contributed by atoms with Crippen LogP contribution in [0.15, 0.2) is 0 Å². The summed E-state index contributed by atoms with van der Waals surface area (Å²) in [5, 5.41) is 8.93. The summed E-state index contributed by atoms with van der Waals surface area (Å²) in [7, 11) is 0. The van der Waals surface area contributed by atoms with Crippen molar-refractivity contribution in [2.45, 2.75) is 51.6 Å². The SMILES string of the molecule is CC1CCCC(N2CCN(C(C)C#N)CC2)C1. The van der Waals surface area contributed by atoms with Crippen LogP contribution < -0.4 is 0 Å². The smallest absolute Gasteiger partial charge is 0.0950 e. The van der Waals surface area contributed by atoms with Crippen LogP contribution >= 0.6 is 0 Å². The second-order valence-corrected chi connectivity index (χ2v) is 5.80. The predicted molar refractivity (Wildman–Crippen MR) is 69.6 cm³/mol. The Kier molecular flexibility index (Phi) is 4.42. The van der Waals surface area contributed by atoms with Crippen molar-refractivity contribution in [3.05, 3.63) is 0 Å². The number of nitriles is 1. The lowest BCUT2D eigenvalue weighted by Crippen LogP contribution is -2.53. The van der Waals surface area contributed by atoms with E-state index in [1.165, 1.54) is 25.7 Å². The summed E-state index contributed by atoms with van der Waals surface area (Å²) in [6.07, 6.45) is 5.59. The van der Waals surface area contributed by atoms with E-state index in [9.17, 15) is 0 Å². The maximum absolute atomic E-state index is 8.93. The van der Waals surface area contributed by atoms with Crippen molar-refractivity contribution in [2.75, 3.05) is 26.2 Å². The Hall–Kier alpha value is -0.590. The van der Waals surface area contributed by atoms with Crippen molar-refractivity contribution in [3.8, 4) is 6.07 Å². The highest BCUT2D eigenvalue weighted by Crippen LogP contribution is 2.28. The third kappa shape index (κ3) is 3.20. The van der Waals surface area contributed by atoms with Crippen LogP contribution in [0, 0.1) is 17.2 Å². The summed E-state index contributed by atoms with van der Waals surface area (Å²) < 4.78 is 0. The molecular weight excluding hydrogens is 210 g/mol. The fourth-order valence-electron chi connectivity index (χ4n) is 3.31. The van der Waals surface area contributed by atoms with Crippen LogP contribution in [0.2, 0.25) is 0 Å². The summed E-state index contributed by atoms with van der Waals surface area (Å²) in [6.45, 7) is 8.85. The molecule has 2 fully saturated rings.